The number of rotatable bonds is 5. The van der Waals surface area contributed by atoms with E-state index in [1.54, 1.807) is 12.2 Å². The van der Waals surface area contributed by atoms with Crippen molar-refractivity contribution >= 4 is 24.0 Å². The van der Waals surface area contributed by atoms with Gasteiger partial charge in [-0.1, -0.05) is 42.5 Å². The monoisotopic (exact) mass is 319 g/mol. The van der Waals surface area contributed by atoms with Gasteiger partial charge in [-0.05, 0) is 42.3 Å². The molecule has 4 nitrogen and oxygen atoms in total. The van der Waals surface area contributed by atoms with Crippen LogP contribution in [0.25, 0.3) is 12.2 Å². The van der Waals surface area contributed by atoms with Crippen LogP contribution in [0.5, 0.6) is 5.75 Å². The first-order chi connectivity index (χ1) is 11.7. The van der Waals surface area contributed by atoms with Crippen molar-refractivity contribution in [2.45, 2.75) is 6.92 Å². The van der Waals surface area contributed by atoms with Crippen molar-refractivity contribution in [3.63, 3.8) is 0 Å². The maximum Gasteiger partial charge on any atom is 0.363 e. The van der Waals surface area contributed by atoms with Gasteiger partial charge >= 0.3 is 5.97 Å². The van der Waals surface area contributed by atoms with E-state index < -0.39 is 5.97 Å². The van der Waals surface area contributed by atoms with Gasteiger partial charge in [0.15, 0.2) is 5.70 Å². The Hall–Kier alpha value is -3.14. The Kier molecular flexibility index (Phi) is 4.87. The zero-order valence-corrected chi connectivity index (χ0v) is 13.3. The molecule has 1 aliphatic heterocycles. The van der Waals surface area contributed by atoms with Gasteiger partial charge in [-0.2, -0.15) is 0 Å². The Morgan fingerprint density at radius 2 is 1.75 bits per heavy atom. The van der Waals surface area contributed by atoms with E-state index >= 15 is 0 Å². The van der Waals surface area contributed by atoms with Crippen LogP contribution in [0.1, 0.15) is 18.1 Å². The summed E-state index contributed by atoms with van der Waals surface area (Å²) in [6, 6.07) is 17.2. The van der Waals surface area contributed by atoms with Crippen LogP contribution in [0.2, 0.25) is 0 Å². The van der Waals surface area contributed by atoms with Crippen LogP contribution in [0, 0.1) is 0 Å². The number of nitrogens with zero attached hydrogens (tertiary/aromatic N) is 1. The van der Waals surface area contributed by atoms with Crippen molar-refractivity contribution in [3.8, 4) is 5.75 Å². The van der Waals surface area contributed by atoms with Gasteiger partial charge in [0.25, 0.3) is 0 Å². The van der Waals surface area contributed by atoms with Gasteiger partial charge in [0.2, 0.25) is 5.90 Å². The van der Waals surface area contributed by atoms with Gasteiger partial charge in [-0.15, -0.1) is 0 Å². The minimum atomic E-state index is -0.448. The highest BCUT2D eigenvalue weighted by atomic mass is 16.6. The number of esters is 1. The summed E-state index contributed by atoms with van der Waals surface area (Å²) in [4.78, 5) is 16.1. The number of benzene rings is 2. The van der Waals surface area contributed by atoms with Crippen LogP contribution in [0.3, 0.4) is 0 Å². The van der Waals surface area contributed by atoms with E-state index in [-0.39, 0.29) is 5.70 Å². The SMILES string of the molecule is CCOc1ccc(/C=C2N=C(/C=C/c3ccccc3)OC\2=O)cc1. The zero-order valence-electron chi connectivity index (χ0n) is 13.3. The van der Waals surface area contributed by atoms with E-state index in [2.05, 4.69) is 4.99 Å². The highest BCUT2D eigenvalue weighted by molar-refractivity contribution is 6.11. The highest BCUT2D eigenvalue weighted by Crippen LogP contribution is 2.19. The molecule has 0 radical (unpaired) electrons. The highest BCUT2D eigenvalue weighted by Gasteiger charge is 2.20. The Balaban J connectivity index is 1.74. The van der Waals surface area contributed by atoms with Gasteiger partial charge in [0, 0.05) is 6.08 Å². The predicted molar refractivity (Wildman–Crippen MR) is 94.6 cm³/mol. The molecule has 24 heavy (non-hydrogen) atoms. The number of carbonyl (C=O) groups excluding carboxylic acids is 1. The molecular weight excluding hydrogens is 302 g/mol. The molecule has 0 fully saturated rings. The lowest BCUT2D eigenvalue weighted by Gasteiger charge is -2.02. The maximum atomic E-state index is 11.9. The lowest BCUT2D eigenvalue weighted by molar-refractivity contribution is -0.129. The molecular formula is C20H17NO3. The minimum absolute atomic E-state index is 0.284. The van der Waals surface area contributed by atoms with Crippen LogP contribution in [0.15, 0.2) is 71.4 Å². The summed E-state index contributed by atoms with van der Waals surface area (Å²) in [5.74, 6) is 0.640. The third-order valence-electron chi connectivity index (χ3n) is 3.35. The first-order valence-corrected chi connectivity index (χ1v) is 7.73. The van der Waals surface area contributed by atoms with Crippen molar-refractivity contribution in [3.05, 3.63) is 77.5 Å². The number of carbonyl (C=O) groups is 1. The summed E-state index contributed by atoms with van der Waals surface area (Å²) in [7, 11) is 0. The molecule has 0 saturated heterocycles. The second kappa shape index (κ2) is 7.42. The quantitative estimate of drug-likeness (QED) is 0.616. The summed E-state index contributed by atoms with van der Waals surface area (Å²) >= 11 is 0. The number of cyclic esters (lactones) is 1. The van der Waals surface area contributed by atoms with Crippen molar-refractivity contribution in [2.24, 2.45) is 4.99 Å². The van der Waals surface area contributed by atoms with Gasteiger partial charge in [0.05, 0.1) is 6.61 Å². The summed E-state index contributed by atoms with van der Waals surface area (Å²) in [6.07, 6.45) is 5.24. The molecule has 0 aliphatic carbocycles. The third-order valence-corrected chi connectivity index (χ3v) is 3.35. The van der Waals surface area contributed by atoms with E-state index in [1.807, 2.05) is 67.6 Å². The Morgan fingerprint density at radius 3 is 2.46 bits per heavy atom. The van der Waals surface area contributed by atoms with Crippen molar-refractivity contribution in [1.29, 1.82) is 0 Å². The lowest BCUT2D eigenvalue weighted by Crippen LogP contribution is -2.01. The molecule has 0 amide bonds. The fourth-order valence-electron chi connectivity index (χ4n) is 2.21. The van der Waals surface area contributed by atoms with Crippen LogP contribution in [-0.2, 0) is 9.53 Å². The summed E-state index contributed by atoms with van der Waals surface area (Å²) in [5.41, 5.74) is 2.16. The number of aliphatic imine (C=N–C) groups is 1. The standard InChI is InChI=1S/C20H17NO3/c1-2-23-17-11-8-16(9-12-17)14-18-20(22)24-19(21-18)13-10-15-6-4-3-5-7-15/h3-14H,2H2,1H3/b13-10+,18-14-. The second-order valence-corrected chi connectivity index (χ2v) is 5.12. The van der Waals surface area contributed by atoms with Gasteiger partial charge < -0.3 is 9.47 Å². The normalized spacial score (nSPS) is 15.6. The number of ether oxygens (including phenoxy) is 2. The molecule has 0 atom stereocenters. The Bertz CT molecular complexity index is 803. The van der Waals surface area contributed by atoms with Gasteiger partial charge in [0.1, 0.15) is 5.75 Å². The molecule has 1 heterocycles. The molecule has 2 aromatic rings. The number of hydrogen-bond acceptors (Lipinski definition) is 4. The molecule has 0 aromatic heterocycles. The zero-order chi connectivity index (χ0) is 16.8. The predicted octanol–water partition coefficient (Wildman–Crippen LogP) is 4.09. The van der Waals surface area contributed by atoms with Crippen molar-refractivity contribution < 1.29 is 14.3 Å². The average molecular weight is 319 g/mol. The van der Waals surface area contributed by atoms with Crippen LogP contribution in [-0.4, -0.2) is 18.5 Å². The molecule has 0 bridgehead atoms. The molecule has 120 valence electrons. The van der Waals surface area contributed by atoms with Crippen molar-refractivity contribution in [1.82, 2.24) is 0 Å². The van der Waals surface area contributed by atoms with E-state index in [1.165, 1.54) is 0 Å². The first-order valence-electron chi connectivity index (χ1n) is 7.73. The molecule has 0 N–H and O–H groups in total. The largest absolute Gasteiger partial charge is 0.494 e. The smallest absolute Gasteiger partial charge is 0.363 e. The second-order valence-electron chi connectivity index (χ2n) is 5.12. The summed E-state index contributed by atoms with van der Waals surface area (Å²) < 4.78 is 10.6. The summed E-state index contributed by atoms with van der Waals surface area (Å²) in [6.45, 7) is 2.55. The lowest BCUT2D eigenvalue weighted by atomic mass is 10.2. The first kappa shape index (κ1) is 15.7. The molecule has 1 aliphatic rings. The minimum Gasteiger partial charge on any atom is -0.494 e. The Morgan fingerprint density at radius 1 is 1.00 bits per heavy atom. The molecule has 2 aromatic carbocycles. The molecule has 0 saturated carbocycles. The van der Waals surface area contributed by atoms with Crippen LogP contribution in [0.4, 0.5) is 0 Å². The Labute approximate surface area is 140 Å². The molecule has 0 spiro atoms. The maximum absolute atomic E-state index is 11.9. The van der Waals surface area contributed by atoms with Crippen LogP contribution >= 0.6 is 0 Å². The van der Waals surface area contributed by atoms with Crippen molar-refractivity contribution in [2.75, 3.05) is 6.61 Å². The van der Waals surface area contributed by atoms with Crippen LogP contribution < -0.4 is 4.74 Å². The fourth-order valence-corrected chi connectivity index (χ4v) is 2.21. The van der Waals surface area contributed by atoms with Gasteiger partial charge in [-0.25, -0.2) is 9.79 Å². The number of hydrogen-bond donors (Lipinski definition) is 0. The molecule has 3 rings (SSSR count). The van der Waals surface area contributed by atoms with E-state index in [4.69, 9.17) is 9.47 Å². The molecule has 0 unspecified atom stereocenters. The van der Waals surface area contributed by atoms with Gasteiger partial charge in [-0.3, -0.25) is 0 Å². The third kappa shape index (κ3) is 3.98. The van der Waals surface area contributed by atoms with E-state index in [9.17, 15) is 4.79 Å². The summed E-state index contributed by atoms with van der Waals surface area (Å²) in [5, 5.41) is 0. The van der Waals surface area contributed by atoms with E-state index in [0.717, 1.165) is 16.9 Å². The molecule has 4 heteroatoms. The fraction of sp³-hybridized carbons (Fsp3) is 0.100. The topological polar surface area (TPSA) is 47.9 Å². The average Bonchev–Trinajstić information content (AvgIpc) is 2.96. The van der Waals surface area contributed by atoms with E-state index in [0.29, 0.717) is 12.5 Å².